The number of aryl methyl sites for hydroxylation is 1. The van der Waals surface area contributed by atoms with Crippen molar-refractivity contribution in [3.05, 3.63) is 72.6 Å². The molecule has 0 aliphatic rings. The smallest absolute Gasteiger partial charge is 0.285 e. The number of carbonyl (C=O) groups excluding carboxylic acids is 1. The Hall–Kier alpha value is -3.15. The molecule has 1 N–H and O–H groups in total. The lowest BCUT2D eigenvalue weighted by Gasteiger charge is -2.10. The fourth-order valence-electron chi connectivity index (χ4n) is 2.14. The van der Waals surface area contributed by atoms with Gasteiger partial charge >= 0.3 is 0 Å². The quantitative estimate of drug-likeness (QED) is 0.793. The van der Waals surface area contributed by atoms with Gasteiger partial charge < -0.3 is 10.1 Å². The van der Waals surface area contributed by atoms with Gasteiger partial charge in [0.1, 0.15) is 11.6 Å². The van der Waals surface area contributed by atoms with Crippen LogP contribution in [0.3, 0.4) is 0 Å². The molecule has 0 atom stereocenters. The summed E-state index contributed by atoms with van der Waals surface area (Å²) in [5, 5.41) is 7.28. The average molecular weight is 324 g/mol. The highest BCUT2D eigenvalue weighted by Gasteiger charge is 2.19. The van der Waals surface area contributed by atoms with Crippen LogP contribution in [-0.4, -0.2) is 34.3 Å². The number of benzene rings is 1. The Kier molecular flexibility index (Phi) is 5.68. The molecule has 0 saturated heterocycles. The summed E-state index contributed by atoms with van der Waals surface area (Å²) in [6.07, 6.45) is 5.22. The number of methoxy groups -OCH3 is 1. The van der Waals surface area contributed by atoms with Crippen molar-refractivity contribution in [2.24, 2.45) is 0 Å². The average Bonchev–Trinajstić information content (AvgIpc) is 2.98. The topological polar surface area (TPSA) is 69.0 Å². The summed E-state index contributed by atoms with van der Waals surface area (Å²) in [5.41, 5.74) is 1.33. The maximum absolute atomic E-state index is 12.8. The van der Waals surface area contributed by atoms with E-state index in [1.165, 1.54) is 11.8 Å². The number of ether oxygens (including phenoxy) is 1. The highest BCUT2D eigenvalue weighted by molar-refractivity contribution is 5.99. The van der Waals surface area contributed by atoms with Crippen molar-refractivity contribution in [3.63, 3.8) is 0 Å². The lowest BCUT2D eigenvalue weighted by Crippen LogP contribution is -2.19. The van der Waals surface area contributed by atoms with E-state index in [1.807, 2.05) is 6.08 Å². The molecule has 1 aromatic heterocycles. The molecule has 1 aromatic carbocycles. The Morgan fingerprint density at radius 2 is 2.12 bits per heavy atom. The number of para-hydroxylation sites is 1. The summed E-state index contributed by atoms with van der Waals surface area (Å²) in [4.78, 5) is 17.1. The predicted molar refractivity (Wildman–Crippen MR) is 94.4 cm³/mol. The van der Waals surface area contributed by atoms with E-state index in [0.29, 0.717) is 29.6 Å². The monoisotopic (exact) mass is 324 g/mol. The second-order valence-electron chi connectivity index (χ2n) is 4.93. The summed E-state index contributed by atoms with van der Waals surface area (Å²) in [6, 6.07) is 6.99. The SMILES string of the molecule is C=CC=C(C=C)CNc1nc(C)nn1C(=O)c1ccccc1OC. The Morgan fingerprint density at radius 1 is 1.38 bits per heavy atom. The number of hydrogen-bond acceptors (Lipinski definition) is 5. The molecule has 124 valence electrons. The maximum Gasteiger partial charge on any atom is 0.285 e. The molecule has 6 heteroatoms. The van der Waals surface area contributed by atoms with Crippen molar-refractivity contribution in [2.75, 3.05) is 19.0 Å². The van der Waals surface area contributed by atoms with Gasteiger partial charge in [0.25, 0.3) is 5.91 Å². The summed E-state index contributed by atoms with van der Waals surface area (Å²) in [6.45, 7) is 9.58. The molecule has 0 spiro atoms. The molecule has 0 aliphatic heterocycles. The van der Waals surface area contributed by atoms with E-state index in [9.17, 15) is 4.79 Å². The van der Waals surface area contributed by atoms with Crippen LogP contribution in [0, 0.1) is 6.92 Å². The zero-order chi connectivity index (χ0) is 17.5. The Balaban J connectivity index is 2.31. The van der Waals surface area contributed by atoms with Crippen LogP contribution in [0.4, 0.5) is 5.95 Å². The zero-order valence-electron chi connectivity index (χ0n) is 13.8. The molecule has 6 nitrogen and oxygen atoms in total. The van der Waals surface area contributed by atoms with Crippen molar-refractivity contribution in [1.29, 1.82) is 0 Å². The van der Waals surface area contributed by atoms with Crippen molar-refractivity contribution in [2.45, 2.75) is 6.92 Å². The molecule has 0 bridgehead atoms. The first-order valence-corrected chi connectivity index (χ1v) is 7.40. The van der Waals surface area contributed by atoms with Gasteiger partial charge in [-0.25, -0.2) is 0 Å². The van der Waals surface area contributed by atoms with Crippen LogP contribution in [0.5, 0.6) is 5.75 Å². The molecule has 0 fully saturated rings. The molecule has 0 saturated carbocycles. The normalized spacial score (nSPS) is 11.0. The van der Waals surface area contributed by atoms with E-state index in [2.05, 4.69) is 28.6 Å². The first-order chi connectivity index (χ1) is 11.6. The number of aromatic nitrogens is 3. The van der Waals surface area contributed by atoms with Crippen LogP contribution < -0.4 is 10.1 Å². The summed E-state index contributed by atoms with van der Waals surface area (Å²) in [5.74, 6) is 1.03. The minimum atomic E-state index is -0.316. The number of nitrogens with one attached hydrogen (secondary N) is 1. The van der Waals surface area contributed by atoms with Crippen LogP contribution in [0.2, 0.25) is 0 Å². The van der Waals surface area contributed by atoms with E-state index < -0.39 is 0 Å². The molecule has 2 rings (SSSR count). The third kappa shape index (κ3) is 3.78. The molecule has 0 radical (unpaired) electrons. The van der Waals surface area contributed by atoms with E-state index in [0.717, 1.165) is 5.57 Å². The second-order valence-corrected chi connectivity index (χ2v) is 4.93. The van der Waals surface area contributed by atoms with E-state index in [-0.39, 0.29) is 5.91 Å². The van der Waals surface area contributed by atoms with Gasteiger partial charge in [-0.1, -0.05) is 43.5 Å². The molecule has 0 amide bonds. The van der Waals surface area contributed by atoms with E-state index in [1.54, 1.807) is 43.3 Å². The molecule has 1 heterocycles. The van der Waals surface area contributed by atoms with Crippen molar-refractivity contribution in [1.82, 2.24) is 14.8 Å². The number of carbonyl (C=O) groups is 1. The van der Waals surface area contributed by atoms with Crippen molar-refractivity contribution < 1.29 is 9.53 Å². The third-order valence-corrected chi connectivity index (χ3v) is 3.29. The van der Waals surface area contributed by atoms with Gasteiger partial charge in [-0.3, -0.25) is 4.79 Å². The standard InChI is InChI=1S/C18H20N4O2/c1-5-9-14(6-2)12-19-18-20-13(3)21-22(18)17(23)15-10-7-8-11-16(15)24-4/h5-11H,1-2,12H2,3-4H3,(H,19,20,21). The van der Waals surface area contributed by atoms with Gasteiger partial charge in [0, 0.05) is 6.54 Å². The fraction of sp³-hybridized carbons (Fsp3) is 0.167. The summed E-state index contributed by atoms with van der Waals surface area (Å²) in [7, 11) is 1.52. The minimum Gasteiger partial charge on any atom is -0.496 e. The minimum absolute atomic E-state index is 0.316. The van der Waals surface area contributed by atoms with Crippen LogP contribution in [-0.2, 0) is 0 Å². The third-order valence-electron chi connectivity index (χ3n) is 3.29. The molecular formula is C18H20N4O2. The van der Waals surface area contributed by atoms with Gasteiger partial charge in [-0.15, -0.1) is 5.10 Å². The molecular weight excluding hydrogens is 304 g/mol. The number of anilines is 1. The van der Waals surface area contributed by atoms with Crippen molar-refractivity contribution >= 4 is 11.9 Å². The van der Waals surface area contributed by atoms with E-state index in [4.69, 9.17) is 4.74 Å². The summed E-state index contributed by atoms with van der Waals surface area (Å²) >= 11 is 0. The van der Waals surface area contributed by atoms with Gasteiger partial charge in [-0.2, -0.15) is 9.67 Å². The van der Waals surface area contributed by atoms with Gasteiger partial charge in [0.2, 0.25) is 5.95 Å². The lowest BCUT2D eigenvalue weighted by molar-refractivity contribution is 0.0944. The maximum atomic E-state index is 12.8. The zero-order valence-corrected chi connectivity index (χ0v) is 13.8. The molecule has 0 unspecified atom stereocenters. The van der Waals surface area contributed by atoms with Crippen LogP contribution in [0.1, 0.15) is 16.2 Å². The highest BCUT2D eigenvalue weighted by atomic mass is 16.5. The fourth-order valence-corrected chi connectivity index (χ4v) is 2.14. The number of rotatable bonds is 7. The Morgan fingerprint density at radius 3 is 2.79 bits per heavy atom. The number of nitrogens with zero attached hydrogens (tertiary/aromatic N) is 3. The van der Waals surface area contributed by atoms with Gasteiger partial charge in [0.15, 0.2) is 0 Å². The van der Waals surface area contributed by atoms with Crippen molar-refractivity contribution in [3.8, 4) is 5.75 Å². The molecule has 0 aliphatic carbocycles. The number of hydrogen-bond donors (Lipinski definition) is 1. The second kappa shape index (κ2) is 7.92. The van der Waals surface area contributed by atoms with Gasteiger partial charge in [-0.05, 0) is 24.6 Å². The lowest BCUT2D eigenvalue weighted by atomic mass is 10.2. The van der Waals surface area contributed by atoms with E-state index >= 15 is 0 Å². The number of allylic oxidation sites excluding steroid dienone is 2. The Bertz CT molecular complexity index is 790. The Labute approximate surface area is 141 Å². The summed E-state index contributed by atoms with van der Waals surface area (Å²) < 4.78 is 6.48. The van der Waals surface area contributed by atoms with Gasteiger partial charge in [0.05, 0.1) is 12.7 Å². The molecule has 24 heavy (non-hydrogen) atoms. The molecule has 2 aromatic rings. The largest absolute Gasteiger partial charge is 0.496 e. The first kappa shape index (κ1) is 17.2. The van der Waals surface area contributed by atoms with Crippen LogP contribution >= 0.6 is 0 Å². The van der Waals surface area contributed by atoms with Crippen LogP contribution in [0.15, 0.2) is 61.2 Å². The predicted octanol–water partition coefficient (Wildman–Crippen LogP) is 2.99. The highest BCUT2D eigenvalue weighted by Crippen LogP contribution is 2.20. The first-order valence-electron chi connectivity index (χ1n) is 7.40. The van der Waals surface area contributed by atoms with Crippen LogP contribution in [0.25, 0.3) is 0 Å².